The van der Waals surface area contributed by atoms with Crippen LogP contribution in [0.3, 0.4) is 0 Å². The lowest BCUT2D eigenvalue weighted by Gasteiger charge is -2.05. The van der Waals surface area contributed by atoms with Gasteiger partial charge in [0.05, 0.1) is 17.3 Å². The normalized spacial score (nSPS) is 11.4. The second kappa shape index (κ2) is 5.49. The highest BCUT2D eigenvalue weighted by molar-refractivity contribution is 6.01. The van der Waals surface area contributed by atoms with Crippen molar-refractivity contribution in [3.8, 4) is 22.8 Å². The van der Waals surface area contributed by atoms with E-state index in [2.05, 4.69) is 5.10 Å². The lowest BCUT2D eigenvalue weighted by Crippen LogP contribution is -1.96. The van der Waals surface area contributed by atoms with E-state index in [1.54, 1.807) is 12.1 Å². The molecular formula is C22H16N2O2. The van der Waals surface area contributed by atoms with E-state index in [1.165, 1.54) is 0 Å². The number of aryl methyl sites for hydroxylation is 1. The van der Waals surface area contributed by atoms with Crippen molar-refractivity contribution < 1.29 is 9.52 Å². The van der Waals surface area contributed by atoms with Crippen LogP contribution in [0.4, 0.5) is 0 Å². The van der Waals surface area contributed by atoms with E-state index in [1.807, 2.05) is 72.4 Å². The SMILES string of the molecule is Cc1cc(O)cc2c(-c3ccccc3)c(-n3ncc4ccccc43)oc12. The average molecular weight is 340 g/mol. The van der Waals surface area contributed by atoms with Gasteiger partial charge >= 0.3 is 0 Å². The van der Waals surface area contributed by atoms with Crippen LogP contribution >= 0.6 is 0 Å². The van der Waals surface area contributed by atoms with Crippen LogP contribution in [0.1, 0.15) is 5.56 Å². The van der Waals surface area contributed by atoms with Gasteiger partial charge in [0.25, 0.3) is 0 Å². The summed E-state index contributed by atoms with van der Waals surface area (Å²) in [5, 5.41) is 16.6. The predicted molar refractivity (Wildman–Crippen MR) is 103 cm³/mol. The molecule has 4 heteroatoms. The molecule has 3 aromatic carbocycles. The number of benzene rings is 3. The molecule has 4 nitrogen and oxygen atoms in total. The van der Waals surface area contributed by atoms with E-state index in [4.69, 9.17) is 4.42 Å². The Kier molecular flexibility index (Phi) is 3.12. The van der Waals surface area contributed by atoms with Crippen molar-refractivity contribution in [2.24, 2.45) is 0 Å². The number of hydrogen-bond donors (Lipinski definition) is 1. The first-order valence-electron chi connectivity index (χ1n) is 8.47. The molecule has 0 spiro atoms. The first-order valence-corrected chi connectivity index (χ1v) is 8.47. The summed E-state index contributed by atoms with van der Waals surface area (Å²) in [6.45, 7) is 1.94. The van der Waals surface area contributed by atoms with E-state index in [0.717, 1.165) is 38.6 Å². The van der Waals surface area contributed by atoms with Gasteiger partial charge < -0.3 is 9.52 Å². The van der Waals surface area contributed by atoms with Crippen molar-refractivity contribution in [3.05, 3.63) is 78.5 Å². The van der Waals surface area contributed by atoms with Crippen LogP contribution in [0.2, 0.25) is 0 Å². The summed E-state index contributed by atoms with van der Waals surface area (Å²) in [7, 11) is 0. The van der Waals surface area contributed by atoms with Crippen LogP contribution in [-0.4, -0.2) is 14.9 Å². The molecule has 0 aliphatic rings. The predicted octanol–water partition coefficient (Wildman–Crippen LogP) is 5.45. The fraction of sp³-hybridized carbons (Fsp3) is 0.0455. The van der Waals surface area contributed by atoms with Crippen LogP contribution in [0.15, 0.2) is 77.3 Å². The number of para-hydroxylation sites is 1. The number of aromatic hydroxyl groups is 1. The number of furan rings is 1. The highest BCUT2D eigenvalue weighted by Gasteiger charge is 2.21. The molecule has 26 heavy (non-hydrogen) atoms. The summed E-state index contributed by atoms with van der Waals surface area (Å²) < 4.78 is 8.11. The molecule has 0 bridgehead atoms. The van der Waals surface area contributed by atoms with Gasteiger partial charge in [-0.25, -0.2) is 0 Å². The Hall–Kier alpha value is -3.53. The average Bonchev–Trinajstić information content (AvgIpc) is 3.23. The second-order valence-electron chi connectivity index (χ2n) is 6.40. The number of phenols is 1. The molecule has 0 fully saturated rings. The van der Waals surface area contributed by atoms with Crippen LogP contribution in [0.25, 0.3) is 38.9 Å². The van der Waals surface area contributed by atoms with Gasteiger partial charge in [-0.1, -0.05) is 48.5 Å². The number of hydrogen-bond acceptors (Lipinski definition) is 3. The standard InChI is InChI=1S/C22H16N2O2/c1-14-11-17(25)12-18-20(15-7-3-2-4-8-15)22(26-21(14)18)24-19-10-6-5-9-16(19)13-23-24/h2-13,25H,1H3. The number of fused-ring (bicyclic) bond motifs is 2. The van der Waals surface area contributed by atoms with Crippen molar-refractivity contribution in [2.45, 2.75) is 6.92 Å². The minimum Gasteiger partial charge on any atom is -0.508 e. The third-order valence-corrected chi connectivity index (χ3v) is 4.67. The topological polar surface area (TPSA) is 51.2 Å². The highest BCUT2D eigenvalue weighted by atomic mass is 16.4. The highest BCUT2D eigenvalue weighted by Crippen LogP contribution is 2.40. The van der Waals surface area contributed by atoms with E-state index in [-0.39, 0.29) is 5.75 Å². The molecular weight excluding hydrogens is 324 g/mol. The number of rotatable bonds is 2. The van der Waals surface area contributed by atoms with Crippen LogP contribution in [0, 0.1) is 6.92 Å². The third-order valence-electron chi connectivity index (χ3n) is 4.67. The van der Waals surface area contributed by atoms with Gasteiger partial charge in [-0.15, -0.1) is 0 Å². The van der Waals surface area contributed by atoms with Crippen molar-refractivity contribution in [2.75, 3.05) is 0 Å². The van der Waals surface area contributed by atoms with Crippen molar-refractivity contribution in [1.29, 1.82) is 0 Å². The summed E-state index contributed by atoms with van der Waals surface area (Å²) in [6.07, 6.45) is 1.83. The Morgan fingerprint density at radius 2 is 1.73 bits per heavy atom. The van der Waals surface area contributed by atoms with Crippen LogP contribution in [-0.2, 0) is 0 Å². The Labute approximate surface area is 149 Å². The molecule has 0 amide bonds. The molecule has 5 rings (SSSR count). The zero-order valence-electron chi connectivity index (χ0n) is 14.2. The van der Waals surface area contributed by atoms with Crippen molar-refractivity contribution in [3.63, 3.8) is 0 Å². The lowest BCUT2D eigenvalue weighted by atomic mass is 10.0. The van der Waals surface area contributed by atoms with Gasteiger partial charge in [-0.2, -0.15) is 9.78 Å². The first kappa shape index (κ1) is 14.8. The van der Waals surface area contributed by atoms with Gasteiger partial charge in [0.2, 0.25) is 5.88 Å². The van der Waals surface area contributed by atoms with Gasteiger partial charge in [-0.3, -0.25) is 0 Å². The molecule has 2 aromatic heterocycles. The zero-order chi connectivity index (χ0) is 17.7. The number of aromatic nitrogens is 2. The molecule has 2 heterocycles. The molecule has 0 unspecified atom stereocenters. The second-order valence-corrected chi connectivity index (χ2v) is 6.40. The first-order chi connectivity index (χ1) is 12.7. The fourth-order valence-corrected chi connectivity index (χ4v) is 3.51. The smallest absolute Gasteiger partial charge is 0.229 e. The maximum atomic E-state index is 10.1. The quantitative estimate of drug-likeness (QED) is 0.465. The minimum absolute atomic E-state index is 0.227. The Morgan fingerprint density at radius 1 is 0.962 bits per heavy atom. The van der Waals surface area contributed by atoms with Crippen molar-refractivity contribution in [1.82, 2.24) is 9.78 Å². The maximum Gasteiger partial charge on any atom is 0.229 e. The molecule has 1 N–H and O–H groups in total. The maximum absolute atomic E-state index is 10.1. The van der Waals surface area contributed by atoms with Gasteiger partial charge in [-0.05, 0) is 36.2 Å². The van der Waals surface area contributed by atoms with E-state index in [9.17, 15) is 5.11 Å². The lowest BCUT2D eigenvalue weighted by molar-refractivity contribution is 0.475. The summed E-state index contributed by atoms with van der Waals surface area (Å²) in [6, 6.07) is 21.6. The van der Waals surface area contributed by atoms with Crippen molar-refractivity contribution >= 4 is 21.9 Å². The number of phenolic OH excluding ortho intramolecular Hbond substituents is 1. The van der Waals surface area contributed by atoms with Gasteiger partial charge in [0.1, 0.15) is 11.3 Å². The Balaban J connectivity index is 1.92. The Morgan fingerprint density at radius 3 is 2.58 bits per heavy atom. The Bertz CT molecular complexity index is 1250. The molecule has 0 saturated heterocycles. The van der Waals surface area contributed by atoms with E-state index < -0.39 is 0 Å². The zero-order valence-corrected chi connectivity index (χ0v) is 14.2. The van der Waals surface area contributed by atoms with E-state index in [0.29, 0.717) is 5.88 Å². The van der Waals surface area contributed by atoms with E-state index >= 15 is 0 Å². The molecule has 0 saturated carbocycles. The van der Waals surface area contributed by atoms with Crippen LogP contribution in [0.5, 0.6) is 5.75 Å². The van der Waals surface area contributed by atoms with Crippen LogP contribution < -0.4 is 0 Å². The molecule has 5 aromatic rings. The molecule has 0 aliphatic heterocycles. The summed E-state index contributed by atoms with van der Waals surface area (Å²) in [5.74, 6) is 0.881. The third kappa shape index (κ3) is 2.12. The summed E-state index contributed by atoms with van der Waals surface area (Å²) >= 11 is 0. The molecule has 0 aliphatic carbocycles. The molecule has 0 radical (unpaired) electrons. The number of nitrogens with zero attached hydrogens (tertiary/aromatic N) is 2. The summed E-state index contributed by atoms with van der Waals surface area (Å²) in [5.41, 5.74) is 4.57. The van der Waals surface area contributed by atoms with Gasteiger partial charge in [0.15, 0.2) is 0 Å². The largest absolute Gasteiger partial charge is 0.508 e. The minimum atomic E-state index is 0.227. The fourth-order valence-electron chi connectivity index (χ4n) is 3.51. The van der Waals surface area contributed by atoms with Gasteiger partial charge in [0, 0.05) is 10.8 Å². The molecule has 0 atom stereocenters. The monoisotopic (exact) mass is 340 g/mol. The molecule has 126 valence electrons. The summed E-state index contributed by atoms with van der Waals surface area (Å²) in [4.78, 5) is 0.